The summed E-state index contributed by atoms with van der Waals surface area (Å²) in [5.74, 6) is 0.549. The molecule has 0 aliphatic heterocycles. The Morgan fingerprint density at radius 2 is 2.21 bits per heavy atom. The third kappa shape index (κ3) is 1.98. The molecule has 0 saturated carbocycles. The van der Waals surface area contributed by atoms with Gasteiger partial charge in [0, 0.05) is 5.69 Å². The second-order valence-electron chi connectivity index (χ2n) is 2.79. The van der Waals surface area contributed by atoms with E-state index in [0.29, 0.717) is 5.82 Å². The first kappa shape index (κ1) is 8.50. The molecule has 0 aliphatic carbocycles. The third-order valence-corrected chi connectivity index (χ3v) is 1.71. The van der Waals surface area contributed by atoms with Crippen LogP contribution in [-0.4, -0.2) is 10.1 Å². The molecule has 0 radical (unpaired) electrons. The standard InChI is InChI=1S/C10H9N3O/c11-9-3-1-2-8(6-9)4-5-10-12-7-14-13-10/h1-7H,11H2. The van der Waals surface area contributed by atoms with Gasteiger partial charge in [-0.2, -0.15) is 4.98 Å². The molecule has 1 heterocycles. The van der Waals surface area contributed by atoms with E-state index in [0.717, 1.165) is 11.3 Å². The van der Waals surface area contributed by atoms with Crippen LogP contribution in [0.5, 0.6) is 0 Å². The highest BCUT2D eigenvalue weighted by atomic mass is 16.5. The lowest BCUT2D eigenvalue weighted by molar-refractivity contribution is 0.415. The molecule has 1 aromatic carbocycles. The van der Waals surface area contributed by atoms with E-state index in [9.17, 15) is 0 Å². The van der Waals surface area contributed by atoms with Gasteiger partial charge in [0.2, 0.25) is 6.39 Å². The van der Waals surface area contributed by atoms with Gasteiger partial charge < -0.3 is 10.3 Å². The second kappa shape index (κ2) is 3.74. The summed E-state index contributed by atoms with van der Waals surface area (Å²) < 4.78 is 4.59. The molecule has 0 fully saturated rings. The van der Waals surface area contributed by atoms with Crippen LogP contribution in [0, 0.1) is 0 Å². The predicted octanol–water partition coefficient (Wildman–Crippen LogP) is 1.82. The Kier molecular flexibility index (Phi) is 2.27. The molecule has 0 bridgehead atoms. The predicted molar refractivity (Wildman–Crippen MR) is 54.1 cm³/mol. The Morgan fingerprint density at radius 3 is 2.93 bits per heavy atom. The van der Waals surface area contributed by atoms with Gasteiger partial charge in [-0.25, -0.2) is 0 Å². The van der Waals surface area contributed by atoms with Crippen LogP contribution in [0.25, 0.3) is 12.2 Å². The third-order valence-electron chi connectivity index (χ3n) is 1.71. The van der Waals surface area contributed by atoms with E-state index in [1.54, 1.807) is 6.08 Å². The summed E-state index contributed by atoms with van der Waals surface area (Å²) in [4.78, 5) is 3.86. The van der Waals surface area contributed by atoms with E-state index in [1.165, 1.54) is 6.39 Å². The van der Waals surface area contributed by atoms with Crippen molar-refractivity contribution < 1.29 is 4.52 Å². The maximum absolute atomic E-state index is 5.62. The number of rotatable bonds is 2. The van der Waals surface area contributed by atoms with Crippen molar-refractivity contribution in [3.05, 3.63) is 42.0 Å². The summed E-state index contributed by atoms with van der Waals surface area (Å²) in [6.45, 7) is 0. The molecule has 4 heteroatoms. The van der Waals surface area contributed by atoms with Crippen LogP contribution >= 0.6 is 0 Å². The number of nitrogen functional groups attached to an aromatic ring is 1. The monoisotopic (exact) mass is 187 g/mol. The first-order chi connectivity index (χ1) is 6.84. The van der Waals surface area contributed by atoms with Crippen LogP contribution in [0.3, 0.4) is 0 Å². The number of anilines is 1. The van der Waals surface area contributed by atoms with Crippen molar-refractivity contribution in [3.63, 3.8) is 0 Å². The van der Waals surface area contributed by atoms with Crippen molar-refractivity contribution in [1.82, 2.24) is 10.1 Å². The van der Waals surface area contributed by atoms with Crippen molar-refractivity contribution in [2.75, 3.05) is 5.73 Å². The summed E-state index contributed by atoms with van der Waals surface area (Å²) in [6, 6.07) is 7.56. The Morgan fingerprint density at radius 1 is 1.29 bits per heavy atom. The topological polar surface area (TPSA) is 64.9 Å². The largest absolute Gasteiger partial charge is 0.399 e. The maximum atomic E-state index is 5.62. The van der Waals surface area contributed by atoms with Crippen LogP contribution in [0.2, 0.25) is 0 Å². The summed E-state index contributed by atoms with van der Waals surface area (Å²) in [7, 11) is 0. The minimum Gasteiger partial charge on any atom is -0.399 e. The zero-order chi connectivity index (χ0) is 9.80. The molecule has 1 aromatic heterocycles. The van der Waals surface area contributed by atoms with Crippen LogP contribution < -0.4 is 5.73 Å². The Hall–Kier alpha value is -2.10. The van der Waals surface area contributed by atoms with Gasteiger partial charge in [0.25, 0.3) is 0 Å². The van der Waals surface area contributed by atoms with E-state index in [1.807, 2.05) is 30.3 Å². The maximum Gasteiger partial charge on any atom is 0.214 e. The minimum atomic E-state index is 0.549. The fourth-order valence-electron chi connectivity index (χ4n) is 1.09. The lowest BCUT2D eigenvalue weighted by atomic mass is 10.2. The molecule has 2 aromatic rings. The summed E-state index contributed by atoms with van der Waals surface area (Å²) >= 11 is 0. The number of hydrogen-bond donors (Lipinski definition) is 1. The number of hydrogen-bond acceptors (Lipinski definition) is 4. The molecule has 0 atom stereocenters. The lowest BCUT2D eigenvalue weighted by Gasteiger charge is -1.93. The average Bonchev–Trinajstić information content (AvgIpc) is 2.67. The molecule has 0 aliphatic rings. The number of benzene rings is 1. The van der Waals surface area contributed by atoms with E-state index in [-0.39, 0.29) is 0 Å². The highest BCUT2D eigenvalue weighted by Crippen LogP contribution is 2.09. The minimum absolute atomic E-state index is 0.549. The van der Waals surface area contributed by atoms with Crippen molar-refractivity contribution in [2.24, 2.45) is 0 Å². The summed E-state index contributed by atoms with van der Waals surface area (Å²) in [6.07, 6.45) is 4.93. The van der Waals surface area contributed by atoms with Gasteiger partial charge in [0.1, 0.15) is 0 Å². The molecule has 0 spiro atoms. The molecule has 14 heavy (non-hydrogen) atoms. The molecular formula is C10H9N3O. The van der Waals surface area contributed by atoms with Crippen molar-refractivity contribution in [3.8, 4) is 0 Å². The van der Waals surface area contributed by atoms with Crippen LogP contribution in [0.1, 0.15) is 11.4 Å². The molecule has 4 nitrogen and oxygen atoms in total. The number of aromatic nitrogens is 2. The van der Waals surface area contributed by atoms with E-state index in [4.69, 9.17) is 5.73 Å². The van der Waals surface area contributed by atoms with Gasteiger partial charge in [-0.1, -0.05) is 23.4 Å². The lowest BCUT2D eigenvalue weighted by Crippen LogP contribution is -1.83. The summed E-state index contributed by atoms with van der Waals surface area (Å²) in [5.41, 5.74) is 7.37. The summed E-state index contributed by atoms with van der Waals surface area (Å²) in [5, 5.41) is 3.65. The number of nitrogens with zero attached hydrogens (tertiary/aromatic N) is 2. The quantitative estimate of drug-likeness (QED) is 0.728. The fraction of sp³-hybridized carbons (Fsp3) is 0. The van der Waals surface area contributed by atoms with Gasteiger partial charge in [-0.3, -0.25) is 0 Å². The normalized spacial score (nSPS) is 10.9. The molecular weight excluding hydrogens is 178 g/mol. The smallest absolute Gasteiger partial charge is 0.214 e. The van der Waals surface area contributed by atoms with E-state index < -0.39 is 0 Å². The zero-order valence-corrected chi connectivity index (χ0v) is 7.42. The van der Waals surface area contributed by atoms with Crippen LogP contribution in [-0.2, 0) is 0 Å². The first-order valence-electron chi connectivity index (χ1n) is 4.14. The van der Waals surface area contributed by atoms with Gasteiger partial charge in [-0.15, -0.1) is 0 Å². The van der Waals surface area contributed by atoms with Crippen LogP contribution in [0.15, 0.2) is 35.2 Å². The Labute approximate surface area is 81.1 Å². The molecule has 0 saturated heterocycles. The van der Waals surface area contributed by atoms with Gasteiger partial charge in [-0.05, 0) is 23.8 Å². The highest BCUT2D eigenvalue weighted by molar-refractivity contribution is 5.68. The SMILES string of the molecule is Nc1cccc(C=Cc2ncon2)c1. The Bertz CT molecular complexity index is 434. The molecule has 2 rings (SSSR count). The molecule has 0 unspecified atom stereocenters. The van der Waals surface area contributed by atoms with Gasteiger partial charge in [0.15, 0.2) is 5.82 Å². The molecule has 70 valence electrons. The number of nitrogens with two attached hydrogens (primary N) is 1. The fourth-order valence-corrected chi connectivity index (χ4v) is 1.09. The highest BCUT2D eigenvalue weighted by Gasteiger charge is 1.91. The van der Waals surface area contributed by atoms with Crippen LogP contribution in [0.4, 0.5) is 5.69 Å². The van der Waals surface area contributed by atoms with Crippen molar-refractivity contribution in [2.45, 2.75) is 0 Å². The van der Waals surface area contributed by atoms with Gasteiger partial charge in [0.05, 0.1) is 0 Å². The van der Waals surface area contributed by atoms with E-state index in [2.05, 4.69) is 14.7 Å². The van der Waals surface area contributed by atoms with E-state index >= 15 is 0 Å². The Balaban J connectivity index is 2.18. The zero-order valence-electron chi connectivity index (χ0n) is 7.42. The second-order valence-corrected chi connectivity index (χ2v) is 2.79. The average molecular weight is 187 g/mol. The molecule has 0 amide bonds. The van der Waals surface area contributed by atoms with Crippen molar-refractivity contribution >= 4 is 17.8 Å². The first-order valence-corrected chi connectivity index (χ1v) is 4.14. The van der Waals surface area contributed by atoms with Gasteiger partial charge >= 0.3 is 0 Å². The van der Waals surface area contributed by atoms with Crippen molar-refractivity contribution in [1.29, 1.82) is 0 Å². The molecule has 2 N–H and O–H groups in total.